The van der Waals surface area contributed by atoms with Crippen LogP contribution in [0.25, 0.3) is 0 Å². The molecule has 2 atom stereocenters. The summed E-state index contributed by atoms with van der Waals surface area (Å²) in [4.78, 5) is 0.657. The number of hydrogen-bond acceptors (Lipinski definition) is 0. The van der Waals surface area contributed by atoms with Gasteiger partial charge in [-0.3, -0.25) is 0 Å². The van der Waals surface area contributed by atoms with Crippen LogP contribution in [0, 0.1) is 5.92 Å². The summed E-state index contributed by atoms with van der Waals surface area (Å²) >= 11 is 3.61. The number of alkyl halides is 1. The molecule has 0 saturated carbocycles. The van der Waals surface area contributed by atoms with Gasteiger partial charge in [0, 0.05) is 4.83 Å². The van der Waals surface area contributed by atoms with Crippen molar-refractivity contribution >= 4 is 15.9 Å². The third-order valence-electron chi connectivity index (χ3n) is 2.73. The summed E-state index contributed by atoms with van der Waals surface area (Å²) in [6, 6.07) is 10.8. The van der Waals surface area contributed by atoms with Crippen LogP contribution in [0.2, 0.25) is 0 Å². The van der Waals surface area contributed by atoms with Crippen molar-refractivity contribution in [2.24, 2.45) is 5.92 Å². The van der Waals surface area contributed by atoms with Crippen molar-refractivity contribution < 1.29 is 0 Å². The van der Waals surface area contributed by atoms with Gasteiger partial charge in [-0.25, -0.2) is 0 Å². The first-order valence-corrected chi connectivity index (χ1v) is 6.78. The average molecular weight is 269 g/mol. The van der Waals surface area contributed by atoms with Crippen LogP contribution in [-0.2, 0) is 6.42 Å². The lowest BCUT2D eigenvalue weighted by molar-refractivity contribution is 0.477. The van der Waals surface area contributed by atoms with Crippen LogP contribution in [0.1, 0.15) is 38.7 Å². The molecule has 0 saturated heterocycles. The predicted molar refractivity (Wildman–Crippen MR) is 71.6 cm³/mol. The van der Waals surface area contributed by atoms with Gasteiger partial charge < -0.3 is 0 Å². The van der Waals surface area contributed by atoms with Crippen molar-refractivity contribution in [2.45, 2.75) is 44.4 Å². The highest BCUT2D eigenvalue weighted by molar-refractivity contribution is 9.09. The lowest BCUT2D eigenvalue weighted by atomic mass is 9.97. The minimum absolute atomic E-state index is 0.657. The molecule has 0 aliphatic heterocycles. The highest BCUT2D eigenvalue weighted by atomic mass is 79.9. The normalized spacial score (nSPS) is 14.9. The van der Waals surface area contributed by atoms with Gasteiger partial charge in [0.25, 0.3) is 0 Å². The molecule has 0 heterocycles. The zero-order valence-corrected chi connectivity index (χ0v) is 11.3. The lowest BCUT2D eigenvalue weighted by Gasteiger charge is -2.12. The molecule has 1 rings (SSSR count). The van der Waals surface area contributed by atoms with Crippen LogP contribution in [-0.4, -0.2) is 4.83 Å². The van der Waals surface area contributed by atoms with Crippen LogP contribution in [0.4, 0.5) is 0 Å². The monoisotopic (exact) mass is 268 g/mol. The van der Waals surface area contributed by atoms with Gasteiger partial charge >= 0.3 is 0 Å². The summed E-state index contributed by atoms with van der Waals surface area (Å²) in [7, 11) is 0. The molecule has 0 amide bonds. The van der Waals surface area contributed by atoms with E-state index in [1.807, 2.05) is 0 Å². The summed E-state index contributed by atoms with van der Waals surface area (Å²) in [6.45, 7) is 4.58. The fourth-order valence-corrected chi connectivity index (χ4v) is 2.61. The van der Waals surface area contributed by atoms with E-state index in [1.165, 1.54) is 31.2 Å². The summed E-state index contributed by atoms with van der Waals surface area (Å²) in [5, 5.41) is 0. The Morgan fingerprint density at radius 2 is 1.80 bits per heavy atom. The Labute approximate surface area is 102 Å². The number of rotatable bonds is 6. The van der Waals surface area contributed by atoms with Gasteiger partial charge in [-0.1, -0.05) is 66.5 Å². The molecular formula is C14H21Br. The van der Waals surface area contributed by atoms with Gasteiger partial charge in [-0.2, -0.15) is 0 Å². The summed E-state index contributed by atoms with van der Waals surface area (Å²) in [6.07, 6.45) is 5.16. The fraction of sp³-hybridized carbons (Fsp3) is 0.571. The second-order valence-corrected chi connectivity index (χ2v) is 6.06. The largest absolute Gasteiger partial charge is 0.0894 e. The molecule has 0 bridgehead atoms. The van der Waals surface area contributed by atoms with Crippen LogP contribution >= 0.6 is 15.9 Å². The van der Waals surface area contributed by atoms with Gasteiger partial charge in [0.2, 0.25) is 0 Å². The van der Waals surface area contributed by atoms with Crippen molar-refractivity contribution in [1.82, 2.24) is 0 Å². The first-order valence-electron chi connectivity index (χ1n) is 5.86. The molecule has 1 aromatic rings. The van der Waals surface area contributed by atoms with Crippen LogP contribution in [0.15, 0.2) is 30.3 Å². The van der Waals surface area contributed by atoms with Gasteiger partial charge in [-0.15, -0.1) is 0 Å². The van der Waals surface area contributed by atoms with E-state index in [-0.39, 0.29) is 0 Å². The Hall–Kier alpha value is -0.300. The standard InChI is InChI=1S/C14H21Br/c1-12(11-13(2)15)7-6-10-14-8-4-3-5-9-14/h3-5,8-9,12-13H,6-7,10-11H2,1-2H3. The fourth-order valence-electron chi connectivity index (χ4n) is 1.97. The maximum Gasteiger partial charge on any atom is 0.0120 e. The van der Waals surface area contributed by atoms with Gasteiger partial charge in [0.05, 0.1) is 0 Å². The third-order valence-corrected chi connectivity index (χ3v) is 3.11. The van der Waals surface area contributed by atoms with Gasteiger partial charge in [0.1, 0.15) is 0 Å². The number of hydrogen-bond donors (Lipinski definition) is 0. The van der Waals surface area contributed by atoms with E-state index >= 15 is 0 Å². The Morgan fingerprint density at radius 3 is 2.40 bits per heavy atom. The Morgan fingerprint density at radius 1 is 1.13 bits per heavy atom. The van der Waals surface area contributed by atoms with Crippen molar-refractivity contribution in [1.29, 1.82) is 0 Å². The average Bonchev–Trinajstić information content (AvgIpc) is 2.18. The Bertz CT molecular complexity index is 253. The van der Waals surface area contributed by atoms with E-state index in [1.54, 1.807) is 0 Å². The van der Waals surface area contributed by atoms with Crippen molar-refractivity contribution in [2.75, 3.05) is 0 Å². The second kappa shape index (κ2) is 7.05. The Balaban J connectivity index is 2.16. The van der Waals surface area contributed by atoms with Crippen molar-refractivity contribution in [3.8, 4) is 0 Å². The summed E-state index contributed by atoms with van der Waals surface area (Å²) in [5.74, 6) is 0.836. The Kier molecular flexibility index (Phi) is 6.00. The quantitative estimate of drug-likeness (QED) is 0.649. The first-order chi connectivity index (χ1) is 7.18. The van der Waals surface area contributed by atoms with Gasteiger partial charge in [0.15, 0.2) is 0 Å². The molecular weight excluding hydrogens is 248 g/mol. The highest BCUT2D eigenvalue weighted by Crippen LogP contribution is 2.18. The minimum atomic E-state index is 0.657. The summed E-state index contributed by atoms with van der Waals surface area (Å²) in [5.41, 5.74) is 1.47. The summed E-state index contributed by atoms with van der Waals surface area (Å²) < 4.78 is 0. The van der Waals surface area contributed by atoms with Crippen LogP contribution in [0.5, 0.6) is 0 Å². The van der Waals surface area contributed by atoms with E-state index in [0.29, 0.717) is 4.83 Å². The van der Waals surface area contributed by atoms with E-state index < -0.39 is 0 Å². The van der Waals surface area contributed by atoms with E-state index in [9.17, 15) is 0 Å². The van der Waals surface area contributed by atoms with E-state index in [4.69, 9.17) is 0 Å². The molecule has 2 unspecified atom stereocenters. The predicted octanol–water partition coefficient (Wildman–Crippen LogP) is 4.82. The number of aryl methyl sites for hydroxylation is 1. The molecule has 0 spiro atoms. The highest BCUT2D eigenvalue weighted by Gasteiger charge is 2.05. The van der Waals surface area contributed by atoms with Crippen LogP contribution in [0.3, 0.4) is 0 Å². The first kappa shape index (κ1) is 12.8. The van der Waals surface area contributed by atoms with E-state index in [2.05, 4.69) is 60.1 Å². The van der Waals surface area contributed by atoms with Gasteiger partial charge in [-0.05, 0) is 30.7 Å². The molecule has 0 fully saturated rings. The molecule has 0 aromatic heterocycles. The molecule has 15 heavy (non-hydrogen) atoms. The molecule has 0 N–H and O–H groups in total. The molecule has 0 nitrogen and oxygen atoms in total. The molecule has 0 aliphatic rings. The van der Waals surface area contributed by atoms with Crippen molar-refractivity contribution in [3.63, 3.8) is 0 Å². The minimum Gasteiger partial charge on any atom is -0.0894 e. The smallest absolute Gasteiger partial charge is 0.0120 e. The third kappa shape index (κ3) is 5.99. The van der Waals surface area contributed by atoms with Crippen molar-refractivity contribution in [3.05, 3.63) is 35.9 Å². The maximum atomic E-state index is 3.61. The molecule has 0 radical (unpaired) electrons. The molecule has 1 heteroatoms. The topological polar surface area (TPSA) is 0 Å². The maximum absolute atomic E-state index is 3.61. The zero-order chi connectivity index (χ0) is 11.1. The number of benzene rings is 1. The number of halogens is 1. The molecule has 84 valence electrons. The lowest BCUT2D eigenvalue weighted by Crippen LogP contribution is -2.02. The second-order valence-electron chi connectivity index (χ2n) is 4.50. The molecule has 1 aromatic carbocycles. The van der Waals surface area contributed by atoms with E-state index in [0.717, 1.165) is 5.92 Å². The molecule has 0 aliphatic carbocycles. The van der Waals surface area contributed by atoms with Crippen LogP contribution < -0.4 is 0 Å². The SMILES string of the molecule is CC(Br)CC(C)CCCc1ccccc1. The zero-order valence-electron chi connectivity index (χ0n) is 9.75.